The van der Waals surface area contributed by atoms with Gasteiger partial charge < -0.3 is 14.8 Å². The normalized spacial score (nSPS) is 12.9. The van der Waals surface area contributed by atoms with Gasteiger partial charge in [0, 0.05) is 12.2 Å². The van der Waals surface area contributed by atoms with Gasteiger partial charge in [-0.05, 0) is 65.7 Å². The maximum absolute atomic E-state index is 13.2. The van der Waals surface area contributed by atoms with Crippen LogP contribution in [0.3, 0.4) is 0 Å². The number of hydrogen-bond donors (Lipinski definition) is 2. The summed E-state index contributed by atoms with van der Waals surface area (Å²) in [6.45, 7) is 2.76. The molecule has 5 aromatic rings. The Balaban J connectivity index is 1.46. The number of carboxylic acid groups (broad SMARTS) is 1. The minimum Gasteiger partial charge on any atom is -0.478 e. The highest BCUT2D eigenvalue weighted by atomic mass is 16.4. The maximum Gasteiger partial charge on any atom is 0.335 e. The smallest absolute Gasteiger partial charge is 0.335 e. The molecule has 1 aromatic heterocycles. The number of anilines is 2. The Morgan fingerprint density at radius 3 is 2.43 bits per heavy atom. The van der Waals surface area contributed by atoms with E-state index in [2.05, 4.69) is 12.2 Å². The second-order valence-corrected chi connectivity index (χ2v) is 8.85. The number of nitrogens with one attached hydrogen (secondary N) is 1. The summed E-state index contributed by atoms with van der Waals surface area (Å²) in [7, 11) is 0. The van der Waals surface area contributed by atoms with Crippen LogP contribution in [0.4, 0.5) is 11.4 Å². The monoisotopic (exact) mass is 491 g/mol. The number of carboxylic acids is 1. The molecule has 2 heterocycles. The van der Waals surface area contributed by atoms with Gasteiger partial charge in [0.25, 0.3) is 11.8 Å². The van der Waals surface area contributed by atoms with Crippen molar-refractivity contribution in [3.8, 4) is 11.5 Å². The van der Waals surface area contributed by atoms with Crippen molar-refractivity contribution in [2.24, 2.45) is 0 Å². The first-order chi connectivity index (χ1) is 17.9. The maximum atomic E-state index is 13.2. The predicted molar refractivity (Wildman–Crippen MR) is 140 cm³/mol. The number of rotatable bonds is 6. The number of carbonyl (C=O) groups excluding carboxylic acids is 2. The number of carbonyl (C=O) groups is 3. The van der Waals surface area contributed by atoms with E-state index in [4.69, 9.17) is 9.40 Å². The van der Waals surface area contributed by atoms with Crippen LogP contribution in [0.15, 0.2) is 77.2 Å². The van der Waals surface area contributed by atoms with Crippen molar-refractivity contribution in [3.63, 3.8) is 0 Å². The molecule has 37 heavy (non-hydrogen) atoms. The molecule has 0 radical (unpaired) electrons. The largest absolute Gasteiger partial charge is 0.478 e. The topological polar surface area (TPSA) is 113 Å². The molecule has 0 bridgehead atoms. The molecule has 0 aliphatic carbocycles. The number of nitrogens with zero attached hydrogens (tertiary/aromatic N) is 2. The first-order valence-corrected chi connectivity index (χ1v) is 11.9. The molecule has 4 aromatic carbocycles. The number of amides is 2. The van der Waals surface area contributed by atoms with Crippen molar-refractivity contribution in [1.29, 1.82) is 0 Å². The molecule has 1 aliphatic rings. The van der Waals surface area contributed by atoms with E-state index in [1.54, 1.807) is 18.2 Å². The predicted octanol–water partition coefficient (Wildman–Crippen LogP) is 5.97. The van der Waals surface area contributed by atoms with E-state index in [0.29, 0.717) is 34.8 Å². The molecule has 8 heteroatoms. The lowest BCUT2D eigenvalue weighted by Crippen LogP contribution is -2.29. The van der Waals surface area contributed by atoms with Crippen LogP contribution in [-0.4, -0.2) is 34.4 Å². The van der Waals surface area contributed by atoms with Gasteiger partial charge in [0.1, 0.15) is 5.52 Å². The molecule has 0 saturated heterocycles. The van der Waals surface area contributed by atoms with Crippen LogP contribution in [-0.2, 0) is 0 Å². The summed E-state index contributed by atoms with van der Waals surface area (Å²) in [6, 6.07) is 20.9. The molecule has 2 amide bonds. The van der Waals surface area contributed by atoms with Crippen LogP contribution in [0.1, 0.15) is 44.4 Å². The molecule has 0 saturated carbocycles. The van der Waals surface area contributed by atoms with Gasteiger partial charge in [-0.15, -0.1) is 0 Å². The Labute approximate surface area is 211 Å². The zero-order chi connectivity index (χ0) is 25.7. The number of hydrogen-bond acceptors (Lipinski definition) is 6. The van der Waals surface area contributed by atoms with Gasteiger partial charge in [-0.1, -0.05) is 31.2 Å². The molecule has 182 valence electrons. The summed E-state index contributed by atoms with van der Waals surface area (Å²) < 4.78 is 6.15. The second kappa shape index (κ2) is 8.60. The van der Waals surface area contributed by atoms with E-state index < -0.39 is 17.8 Å². The Bertz CT molecular complexity index is 1700. The second-order valence-electron chi connectivity index (χ2n) is 8.85. The zero-order valence-corrected chi connectivity index (χ0v) is 19.8. The van der Waals surface area contributed by atoms with Crippen LogP contribution in [0.5, 0.6) is 0 Å². The number of fused-ring (bicyclic) bond motifs is 3. The van der Waals surface area contributed by atoms with E-state index in [1.807, 2.05) is 36.4 Å². The highest BCUT2D eigenvalue weighted by molar-refractivity contribution is 6.34. The van der Waals surface area contributed by atoms with E-state index in [0.717, 1.165) is 27.8 Å². The fourth-order valence-electron chi connectivity index (χ4n) is 4.60. The van der Waals surface area contributed by atoms with Gasteiger partial charge in [-0.3, -0.25) is 9.59 Å². The molecule has 0 spiro atoms. The summed E-state index contributed by atoms with van der Waals surface area (Å²) in [5.74, 6) is -1.90. The van der Waals surface area contributed by atoms with Crippen LogP contribution < -0.4 is 10.2 Å². The van der Waals surface area contributed by atoms with Gasteiger partial charge in [0.05, 0.1) is 27.9 Å². The number of aromatic nitrogens is 1. The molecule has 6 rings (SSSR count). The lowest BCUT2D eigenvalue weighted by Gasteiger charge is -2.17. The molecular weight excluding hydrogens is 470 g/mol. The first-order valence-electron chi connectivity index (χ1n) is 11.9. The number of imide groups is 1. The van der Waals surface area contributed by atoms with Crippen molar-refractivity contribution < 1.29 is 23.9 Å². The number of oxazole rings is 1. The highest BCUT2D eigenvalue weighted by Crippen LogP contribution is 2.37. The lowest BCUT2D eigenvalue weighted by atomic mass is 10.1. The van der Waals surface area contributed by atoms with Crippen molar-refractivity contribution in [3.05, 3.63) is 89.5 Å². The highest BCUT2D eigenvalue weighted by Gasteiger charge is 2.37. The van der Waals surface area contributed by atoms with Crippen LogP contribution >= 0.6 is 0 Å². The summed E-state index contributed by atoms with van der Waals surface area (Å²) in [5.41, 5.74) is 3.20. The summed E-state index contributed by atoms with van der Waals surface area (Å²) in [4.78, 5) is 43.5. The fraction of sp³-hybridized carbons (Fsp3) is 0.103. The van der Waals surface area contributed by atoms with Crippen LogP contribution in [0.2, 0.25) is 0 Å². The van der Waals surface area contributed by atoms with Crippen LogP contribution in [0, 0.1) is 0 Å². The van der Waals surface area contributed by atoms with E-state index >= 15 is 0 Å². The Morgan fingerprint density at radius 2 is 1.68 bits per heavy atom. The SMILES string of the molecule is CCCNc1ccc(N2C(=O)c3ccc(C(=O)O)cc3C2=O)cc1-c1nc2cc3ccccc3cc2o1. The van der Waals surface area contributed by atoms with Crippen LogP contribution in [0.25, 0.3) is 33.3 Å². The van der Waals surface area contributed by atoms with Crippen molar-refractivity contribution in [2.45, 2.75) is 13.3 Å². The number of benzene rings is 4. The molecule has 2 N–H and O–H groups in total. The quantitative estimate of drug-likeness (QED) is 0.281. The van der Waals surface area contributed by atoms with Gasteiger partial charge in [-0.25, -0.2) is 14.7 Å². The minimum absolute atomic E-state index is 0.0552. The van der Waals surface area contributed by atoms with Gasteiger partial charge in [0.2, 0.25) is 5.89 Å². The molecule has 0 fully saturated rings. The van der Waals surface area contributed by atoms with Crippen molar-refractivity contribution >= 4 is 51.0 Å². The Kier molecular flexibility index (Phi) is 5.22. The van der Waals surface area contributed by atoms with Gasteiger partial charge in [0.15, 0.2) is 5.58 Å². The van der Waals surface area contributed by atoms with E-state index in [-0.39, 0.29) is 16.7 Å². The first kappa shape index (κ1) is 22.5. The molecule has 0 unspecified atom stereocenters. The van der Waals surface area contributed by atoms with Crippen molar-refractivity contribution in [1.82, 2.24) is 4.98 Å². The summed E-state index contributed by atoms with van der Waals surface area (Å²) in [5, 5.41) is 14.7. The van der Waals surface area contributed by atoms with E-state index in [1.165, 1.54) is 18.2 Å². The fourth-order valence-corrected chi connectivity index (χ4v) is 4.60. The summed E-state index contributed by atoms with van der Waals surface area (Å²) in [6.07, 6.45) is 0.893. The minimum atomic E-state index is -1.17. The lowest BCUT2D eigenvalue weighted by molar-refractivity contribution is 0.0696. The van der Waals surface area contributed by atoms with Gasteiger partial charge in [-0.2, -0.15) is 0 Å². The third-order valence-corrected chi connectivity index (χ3v) is 6.45. The average Bonchev–Trinajstić information content (AvgIpc) is 3.43. The molecular formula is C29H21N3O5. The molecule has 0 atom stereocenters. The summed E-state index contributed by atoms with van der Waals surface area (Å²) >= 11 is 0. The van der Waals surface area contributed by atoms with E-state index in [9.17, 15) is 19.5 Å². The molecule has 1 aliphatic heterocycles. The number of aromatic carboxylic acids is 1. The Morgan fingerprint density at radius 1 is 0.919 bits per heavy atom. The standard InChI is InChI=1S/C29H21N3O5/c1-2-11-30-23-10-8-19(32-27(33)20-9-7-18(29(35)36)12-21(20)28(32)34)15-22(23)26-31-24-13-16-5-3-4-6-17(16)14-25(24)37-26/h3-10,12-15,30H,2,11H2,1H3,(H,35,36). The van der Waals surface area contributed by atoms with Crippen molar-refractivity contribution in [2.75, 3.05) is 16.8 Å². The third kappa shape index (κ3) is 3.70. The molecule has 8 nitrogen and oxygen atoms in total. The Hall–Kier alpha value is -4.98. The third-order valence-electron chi connectivity index (χ3n) is 6.45. The van der Waals surface area contributed by atoms with Gasteiger partial charge >= 0.3 is 5.97 Å². The average molecular weight is 492 g/mol. The zero-order valence-electron chi connectivity index (χ0n) is 19.8.